The number of hydrogen-bond acceptors (Lipinski definition) is 1. The van der Waals surface area contributed by atoms with E-state index in [1.165, 1.54) is 32.4 Å². The molecule has 2 heteroatoms. The average Bonchev–Trinajstić information content (AvgIpc) is 1.95. The zero-order valence-corrected chi connectivity index (χ0v) is 9.69. The van der Waals surface area contributed by atoms with E-state index in [2.05, 4.69) is 18.7 Å². The monoisotopic (exact) mass is 203 g/mol. The molecule has 0 aromatic rings. The van der Waals surface area contributed by atoms with E-state index in [9.17, 15) is 0 Å². The van der Waals surface area contributed by atoms with Crippen molar-refractivity contribution in [3.05, 3.63) is 0 Å². The third kappa shape index (κ3) is 3.86. The number of halogens is 1. The van der Waals surface area contributed by atoms with Crippen LogP contribution in [0.5, 0.6) is 0 Å². The molecule has 0 unspecified atom stereocenters. The third-order valence-corrected chi connectivity index (χ3v) is 3.04. The predicted octanol–water partition coefficient (Wildman–Crippen LogP) is 3.13. The summed E-state index contributed by atoms with van der Waals surface area (Å²) in [6.45, 7) is 7.05. The van der Waals surface area contributed by atoms with Gasteiger partial charge in [0.2, 0.25) is 0 Å². The van der Waals surface area contributed by atoms with Crippen LogP contribution in [0.2, 0.25) is 0 Å². The highest BCUT2D eigenvalue weighted by molar-refractivity contribution is 6.17. The van der Waals surface area contributed by atoms with Crippen LogP contribution in [0.3, 0.4) is 0 Å². The maximum Gasteiger partial charge on any atom is 0.0235 e. The highest BCUT2D eigenvalue weighted by atomic mass is 35.5. The standard InChI is InChI=1S/C11H22ClN/c1-10(2)9-13(8-4-7-12)11-5-3-6-11/h10-11H,3-9H2,1-2H3. The molecule has 1 aliphatic rings. The lowest BCUT2D eigenvalue weighted by molar-refractivity contribution is 0.113. The van der Waals surface area contributed by atoms with Crippen LogP contribution >= 0.6 is 11.6 Å². The molecule has 1 nitrogen and oxygen atoms in total. The van der Waals surface area contributed by atoms with Gasteiger partial charge in [0.25, 0.3) is 0 Å². The molecule has 0 heterocycles. The molecule has 13 heavy (non-hydrogen) atoms. The Bertz CT molecular complexity index is 132. The van der Waals surface area contributed by atoms with E-state index < -0.39 is 0 Å². The number of hydrogen-bond donors (Lipinski definition) is 0. The lowest BCUT2D eigenvalue weighted by Gasteiger charge is -2.38. The van der Waals surface area contributed by atoms with Gasteiger partial charge in [-0.15, -0.1) is 11.6 Å². The van der Waals surface area contributed by atoms with Crippen LogP contribution in [0.15, 0.2) is 0 Å². The van der Waals surface area contributed by atoms with E-state index in [-0.39, 0.29) is 0 Å². The summed E-state index contributed by atoms with van der Waals surface area (Å²) in [6, 6.07) is 0.880. The van der Waals surface area contributed by atoms with Gasteiger partial charge in [0.1, 0.15) is 0 Å². The van der Waals surface area contributed by atoms with Gasteiger partial charge in [-0.2, -0.15) is 0 Å². The molecule has 0 aliphatic heterocycles. The van der Waals surface area contributed by atoms with Crippen molar-refractivity contribution < 1.29 is 0 Å². The van der Waals surface area contributed by atoms with E-state index >= 15 is 0 Å². The van der Waals surface area contributed by atoms with E-state index in [0.717, 1.165) is 24.3 Å². The molecule has 0 spiro atoms. The summed E-state index contributed by atoms with van der Waals surface area (Å²) in [6.07, 6.45) is 5.40. The molecule has 1 saturated carbocycles. The van der Waals surface area contributed by atoms with Gasteiger partial charge in [-0.25, -0.2) is 0 Å². The minimum atomic E-state index is 0.788. The largest absolute Gasteiger partial charge is 0.300 e. The molecule has 0 atom stereocenters. The van der Waals surface area contributed by atoms with Crippen LogP contribution in [0, 0.1) is 5.92 Å². The Labute approximate surface area is 87.4 Å². The van der Waals surface area contributed by atoms with Crippen molar-refractivity contribution in [2.75, 3.05) is 19.0 Å². The van der Waals surface area contributed by atoms with Crippen molar-refractivity contribution in [1.29, 1.82) is 0 Å². The predicted molar refractivity (Wildman–Crippen MR) is 59.4 cm³/mol. The van der Waals surface area contributed by atoms with Gasteiger partial charge >= 0.3 is 0 Å². The molecule has 0 bridgehead atoms. The first-order chi connectivity index (χ1) is 6.24. The van der Waals surface area contributed by atoms with Crippen LogP contribution in [-0.2, 0) is 0 Å². The summed E-state index contributed by atoms with van der Waals surface area (Å²) in [5, 5.41) is 0. The Morgan fingerprint density at radius 3 is 2.46 bits per heavy atom. The Balaban J connectivity index is 2.24. The summed E-state index contributed by atoms with van der Waals surface area (Å²) in [5.74, 6) is 1.59. The SMILES string of the molecule is CC(C)CN(CCCCl)C1CCC1. The van der Waals surface area contributed by atoms with Gasteiger partial charge in [0, 0.05) is 18.5 Å². The van der Waals surface area contributed by atoms with Crippen molar-refractivity contribution >= 4 is 11.6 Å². The van der Waals surface area contributed by atoms with E-state index in [1.807, 2.05) is 0 Å². The molecule has 0 amide bonds. The molecule has 1 aliphatic carbocycles. The molecule has 0 aromatic heterocycles. The van der Waals surface area contributed by atoms with Gasteiger partial charge in [-0.05, 0) is 31.7 Å². The first-order valence-electron chi connectivity index (χ1n) is 5.54. The van der Waals surface area contributed by atoms with Crippen molar-refractivity contribution in [2.24, 2.45) is 5.92 Å². The van der Waals surface area contributed by atoms with Crippen LogP contribution < -0.4 is 0 Å². The molecular formula is C11H22ClN. The lowest BCUT2D eigenvalue weighted by Crippen LogP contribution is -2.42. The molecule has 0 aromatic carbocycles. The Hall–Kier alpha value is 0.250. The topological polar surface area (TPSA) is 3.24 Å². The number of alkyl halides is 1. The number of rotatable bonds is 6. The maximum absolute atomic E-state index is 5.72. The average molecular weight is 204 g/mol. The van der Waals surface area contributed by atoms with Gasteiger partial charge in [-0.1, -0.05) is 20.3 Å². The van der Waals surface area contributed by atoms with E-state index in [1.54, 1.807) is 0 Å². The molecule has 1 fully saturated rings. The van der Waals surface area contributed by atoms with Crippen LogP contribution in [0.25, 0.3) is 0 Å². The van der Waals surface area contributed by atoms with Gasteiger partial charge < -0.3 is 4.90 Å². The minimum absolute atomic E-state index is 0.788. The van der Waals surface area contributed by atoms with Crippen molar-refractivity contribution in [2.45, 2.75) is 45.6 Å². The van der Waals surface area contributed by atoms with Crippen LogP contribution in [0.4, 0.5) is 0 Å². The van der Waals surface area contributed by atoms with Crippen molar-refractivity contribution in [1.82, 2.24) is 4.90 Å². The molecule has 0 N–H and O–H groups in total. The highest BCUT2D eigenvalue weighted by Crippen LogP contribution is 2.25. The second-order valence-electron chi connectivity index (χ2n) is 4.52. The normalized spacial score (nSPS) is 18.2. The fourth-order valence-electron chi connectivity index (χ4n) is 1.91. The van der Waals surface area contributed by atoms with Gasteiger partial charge in [-0.3, -0.25) is 0 Å². The van der Waals surface area contributed by atoms with Crippen LogP contribution in [0.1, 0.15) is 39.5 Å². The quantitative estimate of drug-likeness (QED) is 0.600. The van der Waals surface area contributed by atoms with Gasteiger partial charge in [0.05, 0.1) is 0 Å². The zero-order chi connectivity index (χ0) is 9.68. The maximum atomic E-state index is 5.72. The first kappa shape index (κ1) is 11.3. The second kappa shape index (κ2) is 5.87. The summed E-state index contributed by atoms with van der Waals surface area (Å²) in [7, 11) is 0. The fourth-order valence-corrected chi connectivity index (χ4v) is 2.03. The second-order valence-corrected chi connectivity index (χ2v) is 4.89. The van der Waals surface area contributed by atoms with E-state index in [4.69, 9.17) is 11.6 Å². The smallest absolute Gasteiger partial charge is 0.0235 e. The Morgan fingerprint density at radius 1 is 1.38 bits per heavy atom. The van der Waals surface area contributed by atoms with Crippen LogP contribution in [-0.4, -0.2) is 29.9 Å². The minimum Gasteiger partial charge on any atom is -0.300 e. The highest BCUT2D eigenvalue weighted by Gasteiger charge is 2.24. The Morgan fingerprint density at radius 2 is 2.08 bits per heavy atom. The first-order valence-corrected chi connectivity index (χ1v) is 6.07. The summed E-state index contributed by atoms with van der Waals surface area (Å²) in [5.41, 5.74) is 0. The molecular weight excluding hydrogens is 182 g/mol. The third-order valence-electron chi connectivity index (χ3n) is 2.77. The molecule has 78 valence electrons. The fraction of sp³-hybridized carbons (Fsp3) is 1.00. The zero-order valence-electron chi connectivity index (χ0n) is 8.93. The van der Waals surface area contributed by atoms with Gasteiger partial charge in [0.15, 0.2) is 0 Å². The molecule has 0 saturated heterocycles. The van der Waals surface area contributed by atoms with E-state index in [0.29, 0.717) is 0 Å². The van der Waals surface area contributed by atoms with Crippen molar-refractivity contribution in [3.8, 4) is 0 Å². The summed E-state index contributed by atoms with van der Waals surface area (Å²) >= 11 is 5.72. The summed E-state index contributed by atoms with van der Waals surface area (Å²) in [4.78, 5) is 2.64. The molecule has 0 radical (unpaired) electrons. The summed E-state index contributed by atoms with van der Waals surface area (Å²) < 4.78 is 0. The van der Waals surface area contributed by atoms with Crippen molar-refractivity contribution in [3.63, 3.8) is 0 Å². The lowest BCUT2D eigenvalue weighted by atomic mass is 9.90. The molecule has 1 rings (SSSR count). The Kier molecular flexibility index (Phi) is 5.12. The number of nitrogens with zero attached hydrogens (tertiary/aromatic N) is 1.